The first-order valence-electron chi connectivity index (χ1n) is 9.28. The largest absolute Gasteiger partial charge is 0.354 e. The zero-order valence-corrected chi connectivity index (χ0v) is 15.5. The van der Waals surface area contributed by atoms with Crippen molar-refractivity contribution in [1.29, 1.82) is 0 Å². The van der Waals surface area contributed by atoms with E-state index in [1.807, 2.05) is 38.1 Å². The van der Waals surface area contributed by atoms with E-state index in [0.29, 0.717) is 12.8 Å². The molecule has 1 aliphatic rings. The summed E-state index contributed by atoms with van der Waals surface area (Å²) in [6.07, 6.45) is 4.22. The summed E-state index contributed by atoms with van der Waals surface area (Å²) in [6, 6.07) is 14.0. The summed E-state index contributed by atoms with van der Waals surface area (Å²) < 4.78 is 0. The van der Waals surface area contributed by atoms with Gasteiger partial charge in [0.1, 0.15) is 0 Å². The predicted molar refractivity (Wildman–Crippen MR) is 104 cm³/mol. The van der Waals surface area contributed by atoms with Gasteiger partial charge in [0, 0.05) is 11.7 Å². The van der Waals surface area contributed by atoms with Crippen molar-refractivity contribution in [3.8, 4) is 0 Å². The van der Waals surface area contributed by atoms with Crippen molar-refractivity contribution in [2.75, 3.05) is 5.32 Å². The van der Waals surface area contributed by atoms with Crippen LogP contribution < -0.4 is 10.6 Å². The van der Waals surface area contributed by atoms with E-state index in [-0.39, 0.29) is 17.9 Å². The lowest BCUT2D eigenvalue weighted by Crippen LogP contribution is -2.31. The molecule has 4 nitrogen and oxygen atoms in total. The van der Waals surface area contributed by atoms with Gasteiger partial charge in [-0.3, -0.25) is 9.59 Å². The smallest absolute Gasteiger partial charge is 0.228 e. The number of amides is 2. The van der Waals surface area contributed by atoms with Crippen LogP contribution in [-0.2, 0) is 35.3 Å². The average molecular weight is 350 g/mol. The number of nitrogens with one attached hydrogen (secondary N) is 2. The number of anilines is 1. The van der Waals surface area contributed by atoms with Crippen molar-refractivity contribution in [1.82, 2.24) is 5.32 Å². The van der Waals surface area contributed by atoms with E-state index >= 15 is 0 Å². The van der Waals surface area contributed by atoms with E-state index in [1.165, 1.54) is 17.5 Å². The Labute approximate surface area is 155 Å². The summed E-state index contributed by atoms with van der Waals surface area (Å²) in [5.41, 5.74) is 5.56. The molecule has 0 aromatic heterocycles. The highest BCUT2D eigenvalue weighted by Gasteiger charge is 2.12. The number of benzene rings is 2. The number of aryl methyl sites for hydroxylation is 2. The molecule has 0 unspecified atom stereocenters. The Kier molecular flexibility index (Phi) is 5.71. The molecular formula is C22H26N2O2. The van der Waals surface area contributed by atoms with E-state index in [4.69, 9.17) is 0 Å². The number of hydrogen-bond acceptors (Lipinski definition) is 2. The predicted octanol–water partition coefficient (Wildman–Crippen LogP) is 3.42. The first-order chi connectivity index (χ1) is 12.5. The van der Waals surface area contributed by atoms with Gasteiger partial charge in [0.15, 0.2) is 0 Å². The van der Waals surface area contributed by atoms with E-state index in [2.05, 4.69) is 28.8 Å². The van der Waals surface area contributed by atoms with Crippen LogP contribution in [0.5, 0.6) is 0 Å². The zero-order chi connectivity index (χ0) is 18.5. The lowest BCUT2D eigenvalue weighted by Gasteiger charge is -2.10. The van der Waals surface area contributed by atoms with Gasteiger partial charge in [-0.05, 0) is 67.5 Å². The maximum Gasteiger partial charge on any atom is 0.228 e. The number of hydrogen-bond donors (Lipinski definition) is 2. The second-order valence-corrected chi connectivity index (χ2v) is 7.28. The molecule has 2 N–H and O–H groups in total. The third-order valence-electron chi connectivity index (χ3n) is 4.58. The normalized spacial score (nSPS) is 12.7. The second-order valence-electron chi connectivity index (χ2n) is 7.28. The van der Waals surface area contributed by atoms with Crippen molar-refractivity contribution in [3.63, 3.8) is 0 Å². The van der Waals surface area contributed by atoms with Crippen LogP contribution in [0.25, 0.3) is 0 Å². The van der Waals surface area contributed by atoms with Gasteiger partial charge in [0.2, 0.25) is 11.8 Å². The Balaban J connectivity index is 1.53. The number of carbonyl (C=O) groups is 2. The quantitative estimate of drug-likeness (QED) is 0.839. The van der Waals surface area contributed by atoms with Crippen molar-refractivity contribution in [2.24, 2.45) is 0 Å². The zero-order valence-electron chi connectivity index (χ0n) is 15.5. The molecule has 136 valence electrons. The number of carbonyl (C=O) groups excluding carboxylic acids is 2. The summed E-state index contributed by atoms with van der Waals surface area (Å²) in [6.45, 7) is 3.88. The minimum Gasteiger partial charge on any atom is -0.354 e. The van der Waals surface area contributed by atoms with Crippen molar-refractivity contribution < 1.29 is 9.59 Å². The molecule has 0 spiro atoms. The molecule has 0 saturated heterocycles. The lowest BCUT2D eigenvalue weighted by atomic mass is 10.0. The Morgan fingerprint density at radius 2 is 1.54 bits per heavy atom. The van der Waals surface area contributed by atoms with Crippen LogP contribution in [0.2, 0.25) is 0 Å². The van der Waals surface area contributed by atoms with Crippen LogP contribution in [0.3, 0.4) is 0 Å². The molecule has 0 bridgehead atoms. The lowest BCUT2D eigenvalue weighted by molar-refractivity contribution is -0.121. The standard InChI is InChI=1S/C22H26N2O2/c1-15(2)23-21(25)13-16-7-10-20(11-8-16)24-22(26)14-17-6-9-18-4-3-5-19(18)12-17/h6-12,15H,3-5,13-14H2,1-2H3,(H,23,25)(H,24,26). The molecule has 3 rings (SSSR count). The van der Waals surface area contributed by atoms with Crippen LogP contribution in [0.15, 0.2) is 42.5 Å². The summed E-state index contributed by atoms with van der Waals surface area (Å²) >= 11 is 0. The maximum absolute atomic E-state index is 12.3. The molecule has 0 aliphatic heterocycles. The molecule has 26 heavy (non-hydrogen) atoms. The minimum atomic E-state index is -0.0201. The second kappa shape index (κ2) is 8.17. The molecule has 0 saturated carbocycles. The van der Waals surface area contributed by atoms with Gasteiger partial charge in [-0.15, -0.1) is 0 Å². The van der Waals surface area contributed by atoms with Crippen LogP contribution in [0.4, 0.5) is 5.69 Å². The molecule has 0 radical (unpaired) electrons. The molecule has 2 amide bonds. The van der Waals surface area contributed by atoms with Crippen LogP contribution >= 0.6 is 0 Å². The summed E-state index contributed by atoms with van der Waals surface area (Å²) in [7, 11) is 0. The van der Waals surface area contributed by atoms with Crippen molar-refractivity contribution in [2.45, 2.75) is 52.0 Å². The third-order valence-corrected chi connectivity index (χ3v) is 4.58. The maximum atomic E-state index is 12.3. The van der Waals surface area contributed by atoms with Gasteiger partial charge in [0.25, 0.3) is 0 Å². The molecule has 0 atom stereocenters. The fourth-order valence-corrected chi connectivity index (χ4v) is 3.39. The Bertz CT molecular complexity index is 794. The molecule has 0 heterocycles. The molecule has 2 aromatic carbocycles. The first-order valence-corrected chi connectivity index (χ1v) is 9.28. The van der Waals surface area contributed by atoms with Gasteiger partial charge >= 0.3 is 0 Å². The van der Waals surface area contributed by atoms with E-state index in [0.717, 1.165) is 29.7 Å². The summed E-state index contributed by atoms with van der Waals surface area (Å²) in [5, 5.41) is 5.81. The Morgan fingerprint density at radius 1 is 0.885 bits per heavy atom. The van der Waals surface area contributed by atoms with Crippen molar-refractivity contribution in [3.05, 3.63) is 64.7 Å². The van der Waals surface area contributed by atoms with Crippen molar-refractivity contribution >= 4 is 17.5 Å². The highest BCUT2D eigenvalue weighted by molar-refractivity contribution is 5.92. The molecule has 1 aliphatic carbocycles. The number of fused-ring (bicyclic) bond motifs is 1. The third kappa shape index (κ3) is 4.94. The Morgan fingerprint density at radius 3 is 2.27 bits per heavy atom. The summed E-state index contributed by atoms with van der Waals surface area (Å²) in [4.78, 5) is 24.1. The minimum absolute atomic E-state index is 0.00777. The van der Waals surface area contributed by atoms with E-state index in [9.17, 15) is 9.59 Å². The van der Waals surface area contributed by atoms with E-state index in [1.54, 1.807) is 0 Å². The van der Waals surface area contributed by atoms with Crippen LogP contribution in [-0.4, -0.2) is 17.9 Å². The molecule has 2 aromatic rings. The average Bonchev–Trinajstić information content (AvgIpc) is 3.03. The first kappa shape index (κ1) is 18.2. The highest BCUT2D eigenvalue weighted by Crippen LogP contribution is 2.23. The fraction of sp³-hybridized carbons (Fsp3) is 0.364. The van der Waals surface area contributed by atoms with Gasteiger partial charge in [0.05, 0.1) is 12.8 Å². The fourth-order valence-electron chi connectivity index (χ4n) is 3.39. The highest BCUT2D eigenvalue weighted by atomic mass is 16.2. The van der Waals surface area contributed by atoms with Crippen LogP contribution in [0, 0.1) is 0 Å². The molecular weight excluding hydrogens is 324 g/mol. The SMILES string of the molecule is CC(C)NC(=O)Cc1ccc(NC(=O)Cc2ccc3c(c2)CCC3)cc1. The Hall–Kier alpha value is -2.62. The van der Waals surface area contributed by atoms with Gasteiger partial charge in [-0.1, -0.05) is 30.3 Å². The summed E-state index contributed by atoms with van der Waals surface area (Å²) in [5.74, 6) is -0.0124. The van der Waals surface area contributed by atoms with E-state index < -0.39 is 0 Å². The van der Waals surface area contributed by atoms with Gasteiger partial charge < -0.3 is 10.6 Å². The molecule has 0 fully saturated rings. The van der Waals surface area contributed by atoms with Crippen LogP contribution in [0.1, 0.15) is 42.5 Å². The van der Waals surface area contributed by atoms with Gasteiger partial charge in [-0.2, -0.15) is 0 Å². The number of rotatable bonds is 6. The monoisotopic (exact) mass is 350 g/mol. The molecule has 4 heteroatoms. The topological polar surface area (TPSA) is 58.2 Å². The van der Waals surface area contributed by atoms with Gasteiger partial charge in [-0.25, -0.2) is 0 Å².